The Hall–Kier alpha value is -1.58. The first-order valence-electron chi connectivity index (χ1n) is 7.45. The highest BCUT2D eigenvalue weighted by molar-refractivity contribution is 5.80. The van der Waals surface area contributed by atoms with Gasteiger partial charge in [0.05, 0.1) is 0 Å². The summed E-state index contributed by atoms with van der Waals surface area (Å²) in [6, 6.07) is 7.57. The molecule has 4 heteroatoms. The van der Waals surface area contributed by atoms with Crippen molar-refractivity contribution in [1.82, 2.24) is 10.6 Å². The third-order valence-electron chi connectivity index (χ3n) is 4.50. The lowest BCUT2D eigenvalue weighted by molar-refractivity contribution is 0.243. The second kappa shape index (κ2) is 5.43. The number of hydrogen-bond acceptors (Lipinski definition) is 1. The summed E-state index contributed by atoms with van der Waals surface area (Å²) in [6.07, 6.45) is 6.04. The molecule has 0 atom stereocenters. The molecule has 2 N–H and O–H groups in total. The van der Waals surface area contributed by atoms with E-state index in [1.165, 1.54) is 24.8 Å². The minimum Gasteiger partial charge on any atom is -0.356 e. The van der Waals surface area contributed by atoms with Crippen LogP contribution in [0.5, 0.6) is 0 Å². The predicted molar refractivity (Wildman–Crippen MR) is 79.4 cm³/mol. The monoisotopic (exact) mass is 275 g/mol. The van der Waals surface area contributed by atoms with Crippen LogP contribution >= 0.6 is 0 Å². The summed E-state index contributed by atoms with van der Waals surface area (Å²) in [7, 11) is 1.81. The van der Waals surface area contributed by atoms with E-state index in [1.807, 2.05) is 19.2 Å². The molecule has 1 aromatic rings. The van der Waals surface area contributed by atoms with E-state index in [0.717, 1.165) is 25.3 Å². The Balaban J connectivity index is 1.65. The summed E-state index contributed by atoms with van der Waals surface area (Å²) in [5.41, 5.74) is 1.38. The van der Waals surface area contributed by atoms with Crippen LogP contribution in [0.25, 0.3) is 0 Å². The van der Waals surface area contributed by atoms with Gasteiger partial charge in [-0.2, -0.15) is 0 Å². The van der Waals surface area contributed by atoms with Gasteiger partial charge in [-0.15, -0.1) is 0 Å². The van der Waals surface area contributed by atoms with E-state index in [0.29, 0.717) is 6.04 Å². The molecule has 2 fully saturated rings. The number of guanidine groups is 1. The summed E-state index contributed by atoms with van der Waals surface area (Å²) in [5.74, 6) is 0.725. The molecule has 0 amide bonds. The number of rotatable bonds is 4. The van der Waals surface area contributed by atoms with Crippen molar-refractivity contribution in [2.75, 3.05) is 13.6 Å². The molecule has 0 radical (unpaired) electrons. The Morgan fingerprint density at radius 2 is 2.00 bits per heavy atom. The van der Waals surface area contributed by atoms with Crippen LogP contribution in [-0.2, 0) is 5.41 Å². The maximum Gasteiger partial charge on any atom is 0.191 e. The van der Waals surface area contributed by atoms with Crippen molar-refractivity contribution < 1.29 is 4.39 Å². The first-order valence-corrected chi connectivity index (χ1v) is 7.45. The average Bonchev–Trinajstić information content (AvgIpc) is 3.22. The van der Waals surface area contributed by atoms with E-state index >= 15 is 0 Å². The van der Waals surface area contributed by atoms with E-state index in [-0.39, 0.29) is 11.2 Å². The molecule has 2 aliphatic rings. The van der Waals surface area contributed by atoms with Crippen LogP contribution in [0.15, 0.2) is 29.3 Å². The molecular formula is C16H22FN3. The van der Waals surface area contributed by atoms with Gasteiger partial charge >= 0.3 is 0 Å². The van der Waals surface area contributed by atoms with Gasteiger partial charge in [0.1, 0.15) is 5.82 Å². The molecule has 0 bridgehead atoms. The van der Waals surface area contributed by atoms with E-state index in [1.54, 1.807) is 12.1 Å². The fraction of sp³-hybridized carbons (Fsp3) is 0.562. The highest BCUT2D eigenvalue weighted by Crippen LogP contribution is 2.43. The first-order chi connectivity index (χ1) is 9.72. The molecule has 20 heavy (non-hydrogen) atoms. The zero-order valence-electron chi connectivity index (χ0n) is 12.0. The zero-order valence-corrected chi connectivity index (χ0v) is 12.0. The van der Waals surface area contributed by atoms with Gasteiger partial charge in [-0.25, -0.2) is 4.39 Å². The standard InChI is InChI=1S/C16H22FN3/c1-18-15(20-14-7-8-14)19-11-16(9-2-10-16)12-3-5-13(17)6-4-12/h3-6,14H,2,7-11H2,1H3,(H2,18,19,20). The van der Waals surface area contributed by atoms with Gasteiger partial charge < -0.3 is 10.6 Å². The van der Waals surface area contributed by atoms with E-state index in [2.05, 4.69) is 15.6 Å². The first kappa shape index (κ1) is 13.4. The third kappa shape index (κ3) is 2.79. The van der Waals surface area contributed by atoms with E-state index < -0.39 is 0 Å². The highest BCUT2D eigenvalue weighted by atomic mass is 19.1. The molecule has 0 unspecified atom stereocenters. The fourth-order valence-corrected chi connectivity index (χ4v) is 2.84. The molecule has 3 rings (SSSR count). The summed E-state index contributed by atoms with van der Waals surface area (Å²) in [5, 5.41) is 6.84. The zero-order chi connectivity index (χ0) is 14.0. The lowest BCUT2D eigenvalue weighted by Crippen LogP contribution is -2.49. The second-order valence-electron chi connectivity index (χ2n) is 5.99. The van der Waals surface area contributed by atoms with Crippen LogP contribution in [0.4, 0.5) is 4.39 Å². The normalized spacial score (nSPS) is 21.2. The molecule has 0 spiro atoms. The van der Waals surface area contributed by atoms with Gasteiger partial charge in [0.15, 0.2) is 5.96 Å². The second-order valence-corrected chi connectivity index (χ2v) is 5.99. The topological polar surface area (TPSA) is 36.4 Å². The lowest BCUT2D eigenvalue weighted by atomic mass is 9.64. The Labute approximate surface area is 119 Å². The van der Waals surface area contributed by atoms with Crippen LogP contribution in [0.1, 0.15) is 37.7 Å². The molecule has 0 saturated heterocycles. The molecule has 0 heterocycles. The fourth-order valence-electron chi connectivity index (χ4n) is 2.84. The SMILES string of the molecule is CN=C(NCC1(c2ccc(F)cc2)CCC1)NC1CC1. The summed E-state index contributed by atoms with van der Waals surface area (Å²) in [6.45, 7) is 0.866. The van der Waals surface area contributed by atoms with Crippen molar-refractivity contribution in [3.05, 3.63) is 35.6 Å². The summed E-state index contributed by atoms with van der Waals surface area (Å²) in [4.78, 5) is 4.27. The number of halogens is 1. The average molecular weight is 275 g/mol. The van der Waals surface area contributed by atoms with Gasteiger partial charge in [-0.05, 0) is 43.4 Å². The minimum absolute atomic E-state index is 0.148. The smallest absolute Gasteiger partial charge is 0.191 e. The molecule has 0 aromatic heterocycles. The molecular weight excluding hydrogens is 253 g/mol. The van der Waals surface area contributed by atoms with Crippen molar-refractivity contribution in [2.45, 2.75) is 43.6 Å². The van der Waals surface area contributed by atoms with Crippen molar-refractivity contribution in [3.8, 4) is 0 Å². The lowest BCUT2D eigenvalue weighted by Gasteiger charge is -2.43. The van der Waals surface area contributed by atoms with E-state index in [9.17, 15) is 4.39 Å². The van der Waals surface area contributed by atoms with Crippen LogP contribution < -0.4 is 10.6 Å². The van der Waals surface area contributed by atoms with Crippen molar-refractivity contribution in [1.29, 1.82) is 0 Å². The van der Waals surface area contributed by atoms with Gasteiger partial charge in [0.25, 0.3) is 0 Å². The maximum atomic E-state index is 13.1. The van der Waals surface area contributed by atoms with Gasteiger partial charge in [0, 0.05) is 25.0 Å². The van der Waals surface area contributed by atoms with E-state index in [4.69, 9.17) is 0 Å². The molecule has 0 aliphatic heterocycles. The number of nitrogens with zero attached hydrogens (tertiary/aromatic N) is 1. The molecule has 2 aliphatic carbocycles. The quantitative estimate of drug-likeness (QED) is 0.654. The molecule has 3 nitrogen and oxygen atoms in total. The van der Waals surface area contributed by atoms with Crippen LogP contribution in [0.2, 0.25) is 0 Å². The number of hydrogen-bond donors (Lipinski definition) is 2. The molecule has 108 valence electrons. The number of aliphatic imine (C=N–C) groups is 1. The Bertz CT molecular complexity index is 487. The Morgan fingerprint density at radius 1 is 1.30 bits per heavy atom. The number of nitrogens with one attached hydrogen (secondary N) is 2. The van der Waals surface area contributed by atoms with Crippen molar-refractivity contribution >= 4 is 5.96 Å². The predicted octanol–water partition coefficient (Wildman–Crippen LogP) is 2.57. The highest BCUT2D eigenvalue weighted by Gasteiger charge is 2.38. The van der Waals surface area contributed by atoms with Crippen molar-refractivity contribution in [2.24, 2.45) is 4.99 Å². The largest absolute Gasteiger partial charge is 0.356 e. The van der Waals surface area contributed by atoms with Gasteiger partial charge in [0.2, 0.25) is 0 Å². The van der Waals surface area contributed by atoms with Crippen LogP contribution in [0.3, 0.4) is 0 Å². The van der Waals surface area contributed by atoms with Gasteiger partial charge in [-0.1, -0.05) is 18.6 Å². The Morgan fingerprint density at radius 3 is 2.50 bits per heavy atom. The molecule has 2 saturated carbocycles. The minimum atomic E-state index is -0.164. The molecule has 1 aromatic carbocycles. The van der Waals surface area contributed by atoms with Crippen LogP contribution in [0, 0.1) is 5.82 Å². The third-order valence-corrected chi connectivity index (χ3v) is 4.50. The summed E-state index contributed by atoms with van der Waals surface area (Å²) < 4.78 is 13.1. The van der Waals surface area contributed by atoms with Crippen molar-refractivity contribution in [3.63, 3.8) is 0 Å². The van der Waals surface area contributed by atoms with Crippen LogP contribution in [-0.4, -0.2) is 25.6 Å². The Kier molecular flexibility index (Phi) is 3.64. The van der Waals surface area contributed by atoms with Gasteiger partial charge in [-0.3, -0.25) is 4.99 Å². The number of benzene rings is 1. The maximum absolute atomic E-state index is 13.1. The summed E-state index contributed by atoms with van der Waals surface area (Å²) >= 11 is 0.